The van der Waals surface area contributed by atoms with Crippen LogP contribution >= 0.6 is 0 Å². The Kier molecular flexibility index (Phi) is 9.94. The highest BCUT2D eigenvalue weighted by molar-refractivity contribution is 5.81. The molecule has 0 fully saturated rings. The van der Waals surface area contributed by atoms with Crippen LogP contribution in [-0.2, 0) is 28.6 Å². The fourth-order valence-corrected chi connectivity index (χ4v) is 1.05. The molecular formula is C13H21NO6. The second-order valence-electron chi connectivity index (χ2n) is 4.12. The van der Waals surface area contributed by atoms with Crippen LogP contribution in [0, 0.1) is 0 Å². The van der Waals surface area contributed by atoms with Gasteiger partial charge in [-0.15, -0.1) is 0 Å². The molecule has 0 saturated heterocycles. The molecule has 20 heavy (non-hydrogen) atoms. The summed E-state index contributed by atoms with van der Waals surface area (Å²) in [6.45, 7) is 4.06. The third-order valence-electron chi connectivity index (χ3n) is 2.09. The lowest BCUT2D eigenvalue weighted by Crippen LogP contribution is -2.20. The molecule has 0 aromatic carbocycles. The minimum Gasteiger partial charge on any atom is -0.464 e. The lowest BCUT2D eigenvalue weighted by Gasteiger charge is -2.09. The predicted molar refractivity (Wildman–Crippen MR) is 70.9 cm³/mol. The molecule has 0 radical (unpaired) electrons. The van der Waals surface area contributed by atoms with Gasteiger partial charge in [-0.05, 0) is 14.1 Å². The molecule has 114 valence electrons. The van der Waals surface area contributed by atoms with Crippen molar-refractivity contribution in [3.05, 3.63) is 12.7 Å². The summed E-state index contributed by atoms with van der Waals surface area (Å²) in [5.41, 5.74) is 0. The van der Waals surface area contributed by atoms with Crippen molar-refractivity contribution in [1.29, 1.82) is 0 Å². The number of ether oxygens (including phenoxy) is 3. The van der Waals surface area contributed by atoms with E-state index in [0.717, 1.165) is 6.08 Å². The summed E-state index contributed by atoms with van der Waals surface area (Å²) >= 11 is 0. The zero-order valence-electron chi connectivity index (χ0n) is 11.9. The van der Waals surface area contributed by atoms with Crippen molar-refractivity contribution in [2.75, 3.05) is 40.5 Å². The number of likely N-dealkylation sites (N-methyl/N-ethyl adjacent to an activating group) is 1. The fourth-order valence-electron chi connectivity index (χ4n) is 1.05. The molecule has 7 nitrogen and oxygen atoms in total. The maximum atomic E-state index is 11.3. The molecule has 0 aliphatic rings. The Balaban J connectivity index is 3.54. The van der Waals surface area contributed by atoms with Gasteiger partial charge in [0.25, 0.3) is 0 Å². The smallest absolute Gasteiger partial charge is 0.330 e. The minimum atomic E-state index is -0.578. The van der Waals surface area contributed by atoms with Crippen LogP contribution in [0.2, 0.25) is 0 Å². The van der Waals surface area contributed by atoms with E-state index in [4.69, 9.17) is 9.47 Å². The summed E-state index contributed by atoms with van der Waals surface area (Å²) in [4.78, 5) is 35.1. The van der Waals surface area contributed by atoms with Gasteiger partial charge in [0.05, 0.1) is 12.8 Å². The second kappa shape index (κ2) is 11.0. The van der Waals surface area contributed by atoms with Crippen LogP contribution in [0.1, 0.15) is 12.8 Å². The van der Waals surface area contributed by atoms with Crippen molar-refractivity contribution in [3.63, 3.8) is 0 Å². The van der Waals surface area contributed by atoms with Gasteiger partial charge in [0.15, 0.2) is 0 Å². The largest absolute Gasteiger partial charge is 0.464 e. The molecule has 0 bridgehead atoms. The van der Waals surface area contributed by atoms with Gasteiger partial charge in [0.2, 0.25) is 0 Å². The van der Waals surface area contributed by atoms with Crippen LogP contribution in [0.5, 0.6) is 0 Å². The Hall–Kier alpha value is -1.89. The summed E-state index contributed by atoms with van der Waals surface area (Å²) in [6.07, 6.45) is 0.931. The highest BCUT2D eigenvalue weighted by Gasteiger charge is 2.09. The molecule has 7 heteroatoms. The van der Waals surface area contributed by atoms with Gasteiger partial charge < -0.3 is 19.1 Å². The molecule has 0 aromatic heterocycles. The van der Waals surface area contributed by atoms with Crippen molar-refractivity contribution in [2.24, 2.45) is 0 Å². The number of hydrogen-bond donors (Lipinski definition) is 0. The van der Waals surface area contributed by atoms with Crippen molar-refractivity contribution in [3.8, 4) is 0 Å². The Bertz CT molecular complexity index is 340. The summed E-state index contributed by atoms with van der Waals surface area (Å²) < 4.78 is 14.3. The van der Waals surface area contributed by atoms with E-state index >= 15 is 0 Å². The maximum absolute atomic E-state index is 11.3. The Labute approximate surface area is 118 Å². The van der Waals surface area contributed by atoms with E-state index in [0.29, 0.717) is 13.2 Å². The molecule has 0 atom stereocenters. The third kappa shape index (κ3) is 11.2. The summed E-state index contributed by atoms with van der Waals surface area (Å²) in [5, 5.41) is 0. The molecule has 0 unspecified atom stereocenters. The molecular weight excluding hydrogens is 266 g/mol. The molecule has 0 N–H and O–H groups in total. The van der Waals surface area contributed by atoms with Crippen LogP contribution in [-0.4, -0.2) is 63.3 Å². The Morgan fingerprint density at radius 2 is 1.45 bits per heavy atom. The molecule has 0 aliphatic carbocycles. The van der Waals surface area contributed by atoms with Crippen LogP contribution in [0.15, 0.2) is 12.7 Å². The van der Waals surface area contributed by atoms with Gasteiger partial charge >= 0.3 is 17.9 Å². The van der Waals surface area contributed by atoms with Gasteiger partial charge in [-0.2, -0.15) is 0 Å². The number of hydrogen-bond acceptors (Lipinski definition) is 7. The van der Waals surface area contributed by atoms with Gasteiger partial charge in [-0.1, -0.05) is 6.58 Å². The van der Waals surface area contributed by atoms with Crippen molar-refractivity contribution >= 4 is 17.9 Å². The van der Waals surface area contributed by atoms with E-state index in [1.807, 2.05) is 19.0 Å². The average molecular weight is 287 g/mol. The highest BCUT2D eigenvalue weighted by atomic mass is 16.6. The van der Waals surface area contributed by atoms with E-state index < -0.39 is 17.9 Å². The van der Waals surface area contributed by atoms with Crippen LogP contribution in [0.4, 0.5) is 0 Å². The lowest BCUT2D eigenvalue weighted by molar-refractivity contribution is -0.152. The van der Waals surface area contributed by atoms with Gasteiger partial charge in [-0.3, -0.25) is 9.59 Å². The highest BCUT2D eigenvalue weighted by Crippen LogP contribution is 1.96. The first-order valence-corrected chi connectivity index (χ1v) is 6.21. The SMILES string of the molecule is C=CC(=O)OCCOC(=O)CCC(=O)OCCN(C)C. The predicted octanol–water partition coefficient (Wildman–Crippen LogP) is 0.144. The molecule has 0 rings (SSSR count). The normalized spacial score (nSPS) is 9.95. The Morgan fingerprint density at radius 1 is 0.950 bits per heavy atom. The van der Waals surface area contributed by atoms with E-state index in [9.17, 15) is 14.4 Å². The van der Waals surface area contributed by atoms with E-state index in [2.05, 4.69) is 11.3 Å². The fraction of sp³-hybridized carbons (Fsp3) is 0.615. The van der Waals surface area contributed by atoms with Crippen molar-refractivity contribution < 1.29 is 28.6 Å². The third-order valence-corrected chi connectivity index (χ3v) is 2.09. The average Bonchev–Trinajstić information content (AvgIpc) is 2.40. The zero-order chi connectivity index (χ0) is 15.4. The summed E-state index contributed by atoms with van der Waals surface area (Å²) in [6, 6.07) is 0. The summed E-state index contributed by atoms with van der Waals surface area (Å²) in [7, 11) is 3.73. The zero-order valence-corrected chi connectivity index (χ0v) is 11.9. The Morgan fingerprint density at radius 3 is 1.95 bits per heavy atom. The van der Waals surface area contributed by atoms with Crippen LogP contribution in [0.25, 0.3) is 0 Å². The van der Waals surface area contributed by atoms with E-state index in [1.165, 1.54) is 0 Å². The van der Waals surface area contributed by atoms with Crippen LogP contribution < -0.4 is 0 Å². The van der Waals surface area contributed by atoms with E-state index in [1.54, 1.807) is 0 Å². The molecule has 0 spiro atoms. The molecule has 0 amide bonds. The topological polar surface area (TPSA) is 82.1 Å². The number of nitrogens with zero attached hydrogens (tertiary/aromatic N) is 1. The molecule has 0 saturated carbocycles. The van der Waals surface area contributed by atoms with Crippen molar-refractivity contribution in [1.82, 2.24) is 4.90 Å². The minimum absolute atomic E-state index is 0.0291. The van der Waals surface area contributed by atoms with Crippen LogP contribution in [0.3, 0.4) is 0 Å². The van der Waals surface area contributed by atoms with Gasteiger partial charge in [-0.25, -0.2) is 4.79 Å². The number of carbonyl (C=O) groups is 3. The molecule has 0 heterocycles. The summed E-state index contributed by atoms with van der Waals surface area (Å²) in [5.74, 6) is -1.56. The van der Waals surface area contributed by atoms with E-state index in [-0.39, 0.29) is 26.1 Å². The second-order valence-corrected chi connectivity index (χ2v) is 4.12. The maximum Gasteiger partial charge on any atom is 0.330 e. The number of esters is 3. The number of rotatable bonds is 10. The lowest BCUT2D eigenvalue weighted by atomic mass is 10.3. The standard InChI is InChI=1S/C13H21NO6/c1-4-11(15)19-9-10-20-13(17)6-5-12(16)18-8-7-14(2)3/h4H,1,5-10H2,2-3H3. The quantitative estimate of drug-likeness (QED) is 0.245. The monoisotopic (exact) mass is 287 g/mol. The first-order valence-electron chi connectivity index (χ1n) is 6.21. The number of carbonyl (C=O) groups excluding carboxylic acids is 3. The molecule has 0 aromatic rings. The van der Waals surface area contributed by atoms with Crippen molar-refractivity contribution in [2.45, 2.75) is 12.8 Å². The van der Waals surface area contributed by atoms with Gasteiger partial charge in [0, 0.05) is 12.6 Å². The first kappa shape index (κ1) is 18.1. The first-order chi connectivity index (χ1) is 9.45. The molecule has 0 aliphatic heterocycles. The van der Waals surface area contributed by atoms with Gasteiger partial charge in [0.1, 0.15) is 19.8 Å².